The van der Waals surface area contributed by atoms with Crippen LogP contribution in [0.1, 0.15) is 43.4 Å². The largest absolute Gasteiger partial charge is 0.300 e. The van der Waals surface area contributed by atoms with Crippen molar-refractivity contribution in [1.29, 1.82) is 0 Å². The van der Waals surface area contributed by atoms with Crippen LogP contribution in [0.15, 0.2) is 43.5 Å². The first kappa shape index (κ1) is 15.2. The highest BCUT2D eigenvalue weighted by Crippen LogP contribution is 2.25. The second kappa shape index (κ2) is 6.89. The molecule has 1 heteroatoms. The summed E-state index contributed by atoms with van der Waals surface area (Å²) in [6, 6.07) is 6.29. The van der Waals surface area contributed by atoms with Gasteiger partial charge >= 0.3 is 0 Å². The van der Waals surface area contributed by atoms with Gasteiger partial charge in [0.05, 0.1) is 0 Å². The normalized spacial score (nSPS) is 11.2. The second-order valence-electron chi connectivity index (χ2n) is 4.78. The molecule has 0 saturated heterocycles. The lowest BCUT2D eigenvalue weighted by molar-refractivity contribution is -0.116. The molecule has 0 N–H and O–H groups in total. The van der Waals surface area contributed by atoms with Crippen molar-refractivity contribution in [3.8, 4) is 0 Å². The van der Waals surface area contributed by atoms with Gasteiger partial charge in [0, 0.05) is 6.42 Å². The number of carbonyl (C=O) groups is 1. The maximum atomic E-state index is 11.0. The maximum Gasteiger partial charge on any atom is 0.130 e. The van der Waals surface area contributed by atoms with Crippen LogP contribution in [0.4, 0.5) is 0 Å². The number of Topliss-reactive ketones (excluding diaryl/α,β-unsaturated/α-hetero) is 1. The van der Waals surface area contributed by atoms with Gasteiger partial charge in [-0.25, -0.2) is 0 Å². The first-order chi connectivity index (χ1) is 8.99. The molecule has 19 heavy (non-hydrogen) atoms. The second-order valence-corrected chi connectivity index (χ2v) is 4.78. The average Bonchev–Trinajstić information content (AvgIpc) is 2.39. The minimum atomic E-state index is 0.206. The molecule has 0 aromatic heterocycles. The summed E-state index contributed by atoms with van der Waals surface area (Å²) in [5.41, 5.74) is 5.67. The zero-order valence-corrected chi connectivity index (χ0v) is 12.1. The Morgan fingerprint density at radius 3 is 2.47 bits per heavy atom. The van der Waals surface area contributed by atoms with Crippen LogP contribution in [0.5, 0.6) is 0 Å². The zero-order valence-electron chi connectivity index (χ0n) is 12.1. The molecule has 0 fully saturated rings. The summed E-state index contributed by atoms with van der Waals surface area (Å²) < 4.78 is 0. The lowest BCUT2D eigenvalue weighted by atomic mass is 9.94. The van der Waals surface area contributed by atoms with Gasteiger partial charge in [0.15, 0.2) is 0 Å². The first-order valence-corrected chi connectivity index (χ1v) is 6.57. The molecule has 1 aromatic carbocycles. The van der Waals surface area contributed by atoms with E-state index in [1.807, 2.05) is 13.0 Å². The van der Waals surface area contributed by atoms with Crippen LogP contribution >= 0.6 is 0 Å². The highest BCUT2D eigenvalue weighted by Gasteiger charge is 2.06. The van der Waals surface area contributed by atoms with E-state index in [9.17, 15) is 4.79 Å². The van der Waals surface area contributed by atoms with Gasteiger partial charge in [0.1, 0.15) is 5.78 Å². The molecular formula is C18H22O. The van der Waals surface area contributed by atoms with Gasteiger partial charge in [-0.15, -0.1) is 0 Å². The number of hydrogen-bond acceptors (Lipinski definition) is 1. The molecule has 1 rings (SSSR count). The molecule has 0 bridgehead atoms. The fraction of sp³-hybridized carbons (Fsp3) is 0.278. The Morgan fingerprint density at radius 1 is 1.32 bits per heavy atom. The van der Waals surface area contributed by atoms with Crippen LogP contribution in [-0.2, 0) is 4.79 Å². The van der Waals surface area contributed by atoms with E-state index >= 15 is 0 Å². The third kappa shape index (κ3) is 4.06. The minimum absolute atomic E-state index is 0.206. The van der Waals surface area contributed by atoms with Crippen molar-refractivity contribution < 1.29 is 4.79 Å². The number of benzene rings is 1. The summed E-state index contributed by atoms with van der Waals surface area (Å²) in [5, 5.41) is 0. The van der Waals surface area contributed by atoms with Crippen molar-refractivity contribution in [1.82, 2.24) is 0 Å². The van der Waals surface area contributed by atoms with Gasteiger partial charge in [-0.3, -0.25) is 0 Å². The van der Waals surface area contributed by atoms with Crippen molar-refractivity contribution >= 4 is 16.9 Å². The van der Waals surface area contributed by atoms with E-state index in [-0.39, 0.29) is 5.78 Å². The van der Waals surface area contributed by atoms with E-state index in [4.69, 9.17) is 0 Å². The summed E-state index contributed by atoms with van der Waals surface area (Å²) in [4.78, 5) is 11.0. The summed E-state index contributed by atoms with van der Waals surface area (Å²) in [5.74, 6) is 0.206. The van der Waals surface area contributed by atoms with E-state index in [1.165, 1.54) is 11.1 Å². The monoisotopic (exact) mass is 254 g/mol. The molecule has 0 saturated carbocycles. The Hall–Kier alpha value is -1.89. The fourth-order valence-electron chi connectivity index (χ4n) is 2.06. The SMILES string of the molecule is C=C/C(=C\C)c1ccc(C(=C)CCC(C)=O)cc1C. The molecule has 1 aromatic rings. The quantitative estimate of drug-likeness (QED) is 0.655. The predicted molar refractivity (Wildman–Crippen MR) is 84.0 cm³/mol. The molecule has 100 valence electrons. The molecule has 0 aliphatic rings. The molecule has 0 unspecified atom stereocenters. The van der Waals surface area contributed by atoms with E-state index in [2.05, 4.69) is 44.4 Å². The zero-order chi connectivity index (χ0) is 14.4. The predicted octanol–water partition coefficient (Wildman–Crippen LogP) is 4.97. The third-order valence-corrected chi connectivity index (χ3v) is 3.26. The van der Waals surface area contributed by atoms with E-state index in [0.717, 1.165) is 23.1 Å². The summed E-state index contributed by atoms with van der Waals surface area (Å²) >= 11 is 0. The molecule has 0 heterocycles. The highest BCUT2D eigenvalue weighted by molar-refractivity contribution is 5.79. The summed E-state index contributed by atoms with van der Waals surface area (Å²) in [6.07, 6.45) is 5.21. The van der Waals surface area contributed by atoms with Gasteiger partial charge in [-0.05, 0) is 55.0 Å². The molecule has 0 aliphatic carbocycles. The third-order valence-electron chi connectivity index (χ3n) is 3.26. The first-order valence-electron chi connectivity index (χ1n) is 6.57. The Morgan fingerprint density at radius 2 is 2.00 bits per heavy atom. The van der Waals surface area contributed by atoms with Crippen molar-refractivity contribution in [3.63, 3.8) is 0 Å². The Kier molecular flexibility index (Phi) is 5.50. The van der Waals surface area contributed by atoms with Crippen molar-refractivity contribution in [2.75, 3.05) is 0 Å². The topological polar surface area (TPSA) is 17.1 Å². The minimum Gasteiger partial charge on any atom is -0.300 e. The number of hydrogen-bond donors (Lipinski definition) is 0. The number of rotatable bonds is 6. The molecule has 0 atom stereocenters. The van der Waals surface area contributed by atoms with Crippen molar-refractivity contribution in [2.45, 2.75) is 33.6 Å². The number of aryl methyl sites for hydroxylation is 1. The standard InChI is InChI=1S/C18H22O/c1-6-16(7-2)18-11-10-17(12-14(18)4)13(3)8-9-15(5)19/h6-7,10-12H,1,3,8-9H2,2,4-5H3/b16-7+. The Labute approximate surface area is 116 Å². The van der Waals surface area contributed by atoms with Gasteiger partial charge in [0.2, 0.25) is 0 Å². The Balaban J connectivity index is 2.96. The Bertz CT molecular complexity index is 533. The van der Waals surface area contributed by atoms with Crippen LogP contribution in [0.3, 0.4) is 0 Å². The van der Waals surface area contributed by atoms with Crippen LogP contribution in [-0.4, -0.2) is 5.78 Å². The van der Waals surface area contributed by atoms with Crippen LogP contribution in [0.25, 0.3) is 11.1 Å². The lowest BCUT2D eigenvalue weighted by Gasteiger charge is -2.11. The smallest absolute Gasteiger partial charge is 0.130 e. The van der Waals surface area contributed by atoms with Crippen LogP contribution < -0.4 is 0 Å². The average molecular weight is 254 g/mol. The number of ketones is 1. The van der Waals surface area contributed by atoms with Gasteiger partial charge < -0.3 is 4.79 Å². The fourth-order valence-corrected chi connectivity index (χ4v) is 2.06. The highest BCUT2D eigenvalue weighted by atomic mass is 16.1. The van der Waals surface area contributed by atoms with E-state index in [1.54, 1.807) is 6.92 Å². The van der Waals surface area contributed by atoms with Gasteiger partial charge in [0.25, 0.3) is 0 Å². The van der Waals surface area contributed by atoms with Crippen LogP contribution in [0.2, 0.25) is 0 Å². The molecule has 1 nitrogen and oxygen atoms in total. The van der Waals surface area contributed by atoms with Crippen molar-refractivity contribution in [3.05, 3.63) is 60.2 Å². The summed E-state index contributed by atoms with van der Waals surface area (Å²) in [7, 11) is 0. The molecule has 0 spiro atoms. The number of allylic oxidation sites excluding steroid dienone is 4. The molecule has 0 radical (unpaired) electrons. The van der Waals surface area contributed by atoms with E-state index < -0.39 is 0 Å². The number of carbonyl (C=O) groups excluding carboxylic acids is 1. The van der Waals surface area contributed by atoms with Crippen LogP contribution in [0, 0.1) is 6.92 Å². The molecule has 0 amide bonds. The summed E-state index contributed by atoms with van der Waals surface area (Å²) in [6.45, 7) is 13.6. The molecular weight excluding hydrogens is 232 g/mol. The van der Waals surface area contributed by atoms with E-state index in [0.29, 0.717) is 6.42 Å². The van der Waals surface area contributed by atoms with Crippen molar-refractivity contribution in [2.24, 2.45) is 0 Å². The molecule has 0 aliphatic heterocycles. The van der Waals surface area contributed by atoms with Gasteiger partial charge in [-0.2, -0.15) is 0 Å². The maximum absolute atomic E-state index is 11.0. The van der Waals surface area contributed by atoms with Gasteiger partial charge in [-0.1, -0.05) is 43.5 Å². The lowest BCUT2D eigenvalue weighted by Crippen LogP contribution is -1.93.